The first-order valence-electron chi connectivity index (χ1n) is 7.89. The predicted molar refractivity (Wildman–Crippen MR) is 88.1 cm³/mol. The summed E-state index contributed by atoms with van der Waals surface area (Å²) in [6.07, 6.45) is 7.16. The fraction of sp³-hybridized carbons (Fsp3) is 0.500. The Balaban J connectivity index is 2.06. The molecule has 0 radical (unpaired) electrons. The highest BCUT2D eigenvalue weighted by molar-refractivity contribution is 5.22. The highest BCUT2D eigenvalue weighted by atomic mass is 15.2. The van der Waals surface area contributed by atoms with Crippen molar-refractivity contribution in [1.82, 2.24) is 9.78 Å². The number of nitrogens with zero attached hydrogens (tertiary/aromatic N) is 2. The molecule has 2 aromatic rings. The first kappa shape index (κ1) is 15.8. The van der Waals surface area contributed by atoms with Crippen LogP contribution in [0.1, 0.15) is 43.7 Å². The zero-order valence-electron chi connectivity index (χ0n) is 13.4. The summed E-state index contributed by atoms with van der Waals surface area (Å²) in [6.45, 7) is 4.55. The number of aryl methyl sites for hydroxylation is 2. The summed E-state index contributed by atoms with van der Waals surface area (Å²) in [7, 11) is 1.95. The minimum absolute atomic E-state index is 0.183. The molecular weight excluding hydrogens is 258 g/mol. The Kier molecular flexibility index (Phi) is 5.57. The monoisotopic (exact) mass is 285 g/mol. The Morgan fingerprint density at radius 2 is 1.95 bits per heavy atom. The molecule has 0 amide bonds. The second-order valence-electron chi connectivity index (χ2n) is 6.05. The van der Waals surface area contributed by atoms with Gasteiger partial charge in [-0.3, -0.25) is 4.68 Å². The molecule has 3 unspecified atom stereocenters. The van der Waals surface area contributed by atoms with Crippen LogP contribution in [-0.4, -0.2) is 15.8 Å². The van der Waals surface area contributed by atoms with E-state index in [4.69, 9.17) is 5.73 Å². The predicted octanol–water partition coefficient (Wildman–Crippen LogP) is 3.51. The zero-order chi connectivity index (χ0) is 15.2. The third kappa shape index (κ3) is 4.18. The highest BCUT2D eigenvalue weighted by Gasteiger charge is 2.24. The maximum absolute atomic E-state index is 6.55. The van der Waals surface area contributed by atoms with Crippen LogP contribution in [0.5, 0.6) is 0 Å². The van der Waals surface area contributed by atoms with Gasteiger partial charge >= 0.3 is 0 Å². The molecule has 2 rings (SSSR count). The van der Waals surface area contributed by atoms with Crippen LogP contribution >= 0.6 is 0 Å². The number of nitrogens with two attached hydrogens (primary N) is 1. The van der Waals surface area contributed by atoms with E-state index in [9.17, 15) is 0 Å². The first-order chi connectivity index (χ1) is 10.1. The standard InChI is InChI=1S/C18H27N3/c1-4-14(2)18(16-8-6-5-7-9-16)17(19)11-10-15-12-20-21(3)13-15/h5-9,12-14,17-18H,4,10-11,19H2,1-3H3. The zero-order valence-corrected chi connectivity index (χ0v) is 13.4. The summed E-state index contributed by atoms with van der Waals surface area (Å²) in [6, 6.07) is 10.9. The van der Waals surface area contributed by atoms with Crippen molar-refractivity contribution in [3.63, 3.8) is 0 Å². The lowest BCUT2D eigenvalue weighted by Crippen LogP contribution is -2.33. The molecule has 114 valence electrons. The van der Waals surface area contributed by atoms with Gasteiger partial charge in [-0.2, -0.15) is 5.10 Å². The third-order valence-electron chi connectivity index (χ3n) is 4.43. The quantitative estimate of drug-likeness (QED) is 0.846. The Morgan fingerprint density at radius 3 is 2.52 bits per heavy atom. The maximum Gasteiger partial charge on any atom is 0.0521 e. The van der Waals surface area contributed by atoms with E-state index < -0.39 is 0 Å². The molecular formula is C18H27N3. The number of aromatic nitrogens is 2. The smallest absolute Gasteiger partial charge is 0.0521 e. The molecule has 1 aromatic heterocycles. The summed E-state index contributed by atoms with van der Waals surface area (Å²) in [5, 5.41) is 4.22. The Labute approximate surface area is 128 Å². The van der Waals surface area contributed by atoms with Gasteiger partial charge in [0.15, 0.2) is 0 Å². The van der Waals surface area contributed by atoms with Crippen molar-refractivity contribution in [2.45, 2.75) is 45.1 Å². The minimum Gasteiger partial charge on any atom is -0.327 e. The SMILES string of the molecule is CCC(C)C(c1ccccc1)C(N)CCc1cnn(C)c1. The van der Waals surface area contributed by atoms with Gasteiger partial charge in [0, 0.05) is 25.2 Å². The molecule has 0 aliphatic rings. The van der Waals surface area contributed by atoms with Gasteiger partial charge in [0.1, 0.15) is 0 Å². The maximum atomic E-state index is 6.55. The number of benzene rings is 1. The van der Waals surface area contributed by atoms with Crippen LogP contribution in [0.3, 0.4) is 0 Å². The molecule has 0 saturated heterocycles. The van der Waals surface area contributed by atoms with Crippen molar-refractivity contribution < 1.29 is 0 Å². The molecule has 0 aliphatic carbocycles. The van der Waals surface area contributed by atoms with E-state index in [1.807, 2.05) is 17.9 Å². The number of hydrogen-bond donors (Lipinski definition) is 1. The van der Waals surface area contributed by atoms with E-state index in [1.54, 1.807) is 0 Å². The van der Waals surface area contributed by atoms with Crippen LogP contribution in [0.25, 0.3) is 0 Å². The van der Waals surface area contributed by atoms with Crippen molar-refractivity contribution in [3.8, 4) is 0 Å². The lowest BCUT2D eigenvalue weighted by atomic mass is 9.79. The Morgan fingerprint density at radius 1 is 1.24 bits per heavy atom. The summed E-state index contributed by atoms with van der Waals surface area (Å²) in [4.78, 5) is 0. The summed E-state index contributed by atoms with van der Waals surface area (Å²) < 4.78 is 1.85. The number of rotatable bonds is 7. The van der Waals surface area contributed by atoms with Gasteiger partial charge in [0.25, 0.3) is 0 Å². The molecule has 0 saturated carbocycles. The van der Waals surface area contributed by atoms with Crippen molar-refractivity contribution in [2.24, 2.45) is 18.7 Å². The molecule has 0 fully saturated rings. The van der Waals surface area contributed by atoms with Crippen molar-refractivity contribution in [2.75, 3.05) is 0 Å². The van der Waals surface area contributed by atoms with E-state index in [-0.39, 0.29) is 6.04 Å². The molecule has 1 heterocycles. The molecule has 3 nitrogen and oxygen atoms in total. The van der Waals surface area contributed by atoms with Crippen LogP contribution in [0.15, 0.2) is 42.7 Å². The number of hydrogen-bond acceptors (Lipinski definition) is 2. The minimum atomic E-state index is 0.183. The molecule has 0 aliphatic heterocycles. The van der Waals surface area contributed by atoms with Crippen LogP contribution in [0.4, 0.5) is 0 Å². The lowest BCUT2D eigenvalue weighted by Gasteiger charge is -2.29. The lowest BCUT2D eigenvalue weighted by molar-refractivity contribution is 0.368. The van der Waals surface area contributed by atoms with Crippen molar-refractivity contribution >= 4 is 0 Å². The largest absolute Gasteiger partial charge is 0.327 e. The van der Waals surface area contributed by atoms with Gasteiger partial charge in [0.2, 0.25) is 0 Å². The molecule has 3 atom stereocenters. The van der Waals surface area contributed by atoms with E-state index in [0.29, 0.717) is 11.8 Å². The van der Waals surface area contributed by atoms with Crippen LogP contribution in [-0.2, 0) is 13.5 Å². The fourth-order valence-corrected chi connectivity index (χ4v) is 3.04. The molecule has 0 spiro atoms. The van der Waals surface area contributed by atoms with Gasteiger partial charge in [-0.15, -0.1) is 0 Å². The highest BCUT2D eigenvalue weighted by Crippen LogP contribution is 2.31. The van der Waals surface area contributed by atoms with Gasteiger partial charge in [-0.25, -0.2) is 0 Å². The van der Waals surface area contributed by atoms with Gasteiger partial charge in [0.05, 0.1) is 6.20 Å². The van der Waals surface area contributed by atoms with Gasteiger partial charge in [-0.05, 0) is 29.9 Å². The molecule has 21 heavy (non-hydrogen) atoms. The van der Waals surface area contributed by atoms with Crippen molar-refractivity contribution in [1.29, 1.82) is 0 Å². The topological polar surface area (TPSA) is 43.8 Å². The van der Waals surface area contributed by atoms with E-state index >= 15 is 0 Å². The molecule has 2 N–H and O–H groups in total. The average Bonchev–Trinajstić information content (AvgIpc) is 2.92. The van der Waals surface area contributed by atoms with Gasteiger partial charge in [-0.1, -0.05) is 50.6 Å². The van der Waals surface area contributed by atoms with Crippen LogP contribution in [0.2, 0.25) is 0 Å². The summed E-state index contributed by atoms with van der Waals surface area (Å²) >= 11 is 0. The van der Waals surface area contributed by atoms with Gasteiger partial charge < -0.3 is 5.73 Å². The summed E-state index contributed by atoms with van der Waals surface area (Å²) in [5.41, 5.74) is 9.19. The van der Waals surface area contributed by atoms with Crippen LogP contribution < -0.4 is 5.73 Å². The fourth-order valence-electron chi connectivity index (χ4n) is 3.04. The molecule has 0 bridgehead atoms. The Hall–Kier alpha value is -1.61. The third-order valence-corrected chi connectivity index (χ3v) is 4.43. The van der Waals surface area contributed by atoms with Crippen molar-refractivity contribution in [3.05, 3.63) is 53.9 Å². The van der Waals surface area contributed by atoms with E-state index in [1.165, 1.54) is 11.1 Å². The first-order valence-corrected chi connectivity index (χ1v) is 7.89. The Bertz CT molecular complexity index is 532. The molecule has 3 heteroatoms. The average molecular weight is 285 g/mol. The van der Waals surface area contributed by atoms with Crippen LogP contribution in [0, 0.1) is 5.92 Å². The normalized spacial score (nSPS) is 15.6. The van der Waals surface area contributed by atoms with E-state index in [0.717, 1.165) is 19.3 Å². The van der Waals surface area contributed by atoms with E-state index in [2.05, 4.69) is 55.5 Å². The second-order valence-corrected chi connectivity index (χ2v) is 6.05. The second kappa shape index (κ2) is 7.41. The summed E-state index contributed by atoms with van der Waals surface area (Å²) in [5.74, 6) is 1.02. The molecule has 1 aromatic carbocycles.